The molecule has 0 unspecified atom stereocenters. The second kappa shape index (κ2) is 9.46. The Labute approximate surface area is 198 Å². The molecular weight excluding hydrogens is 456 g/mol. The monoisotopic (exact) mass is 484 g/mol. The third kappa shape index (κ3) is 4.77. The van der Waals surface area contributed by atoms with Crippen molar-refractivity contribution in [3.8, 4) is 5.75 Å². The molecule has 4 rings (SSSR count). The van der Waals surface area contributed by atoms with E-state index in [0.717, 1.165) is 5.82 Å². The summed E-state index contributed by atoms with van der Waals surface area (Å²) in [5.74, 6) is 0.699. The summed E-state index contributed by atoms with van der Waals surface area (Å²) in [5, 5.41) is 5.76. The Morgan fingerprint density at radius 1 is 1.21 bits per heavy atom. The minimum absolute atomic E-state index is 0.0899. The fourth-order valence-corrected chi connectivity index (χ4v) is 6.20. The molecule has 1 fully saturated rings. The number of carbonyl (C=O) groups is 2. The van der Waals surface area contributed by atoms with E-state index in [4.69, 9.17) is 4.74 Å². The highest BCUT2D eigenvalue weighted by Crippen LogP contribution is 2.28. The predicted octanol–water partition coefficient (Wildman–Crippen LogP) is 2.56. The Bertz CT molecular complexity index is 1360. The smallest absolute Gasteiger partial charge is 0.259 e. The van der Waals surface area contributed by atoms with Crippen molar-refractivity contribution in [1.29, 1.82) is 0 Å². The summed E-state index contributed by atoms with van der Waals surface area (Å²) in [6.45, 7) is 2.26. The Morgan fingerprint density at radius 2 is 1.97 bits per heavy atom. The van der Waals surface area contributed by atoms with E-state index in [1.165, 1.54) is 7.11 Å². The van der Waals surface area contributed by atoms with Gasteiger partial charge in [0.15, 0.2) is 9.84 Å². The number of methoxy groups -OCH3 is 1. The molecule has 180 valence electrons. The van der Waals surface area contributed by atoms with Gasteiger partial charge in [0.1, 0.15) is 11.6 Å². The van der Waals surface area contributed by atoms with Crippen molar-refractivity contribution in [1.82, 2.24) is 14.9 Å². The molecule has 2 N–H and O–H groups in total. The molecule has 2 amide bonds. The fourth-order valence-electron chi connectivity index (χ4n) is 4.34. The first kappa shape index (κ1) is 23.7. The Morgan fingerprint density at radius 3 is 2.65 bits per heavy atom. The van der Waals surface area contributed by atoms with Crippen LogP contribution in [0.3, 0.4) is 0 Å². The number of hydrogen-bond donors (Lipinski definition) is 2. The normalized spacial score (nSPS) is 17.0. The molecule has 2 aromatic carbocycles. The maximum absolute atomic E-state index is 13.1. The SMILES string of the molecule is CCc1nc2cc(C(=O)NC[C@H]3CCS(=O)(=O)C3)cc(NC(=O)c3ccccc3OC)c2n1C. The lowest BCUT2D eigenvalue weighted by Gasteiger charge is -2.13. The molecular formula is C24H28N4O5S. The van der Waals surface area contributed by atoms with Gasteiger partial charge >= 0.3 is 0 Å². The minimum atomic E-state index is -3.02. The number of amides is 2. The molecule has 1 aliphatic heterocycles. The molecule has 34 heavy (non-hydrogen) atoms. The van der Waals surface area contributed by atoms with E-state index >= 15 is 0 Å². The van der Waals surface area contributed by atoms with Crippen molar-refractivity contribution >= 4 is 38.4 Å². The van der Waals surface area contributed by atoms with Crippen LogP contribution < -0.4 is 15.4 Å². The number of nitrogens with one attached hydrogen (secondary N) is 2. The predicted molar refractivity (Wildman–Crippen MR) is 130 cm³/mol. The second-order valence-corrected chi connectivity index (χ2v) is 10.7. The van der Waals surface area contributed by atoms with Gasteiger partial charge in [-0.2, -0.15) is 0 Å². The van der Waals surface area contributed by atoms with Crippen LogP contribution in [0.4, 0.5) is 5.69 Å². The zero-order valence-electron chi connectivity index (χ0n) is 19.4. The number of aromatic nitrogens is 2. The first-order valence-corrected chi connectivity index (χ1v) is 13.0. The Kier molecular flexibility index (Phi) is 6.60. The zero-order chi connectivity index (χ0) is 24.5. The number of ether oxygens (including phenoxy) is 1. The zero-order valence-corrected chi connectivity index (χ0v) is 20.2. The molecule has 0 aliphatic carbocycles. The van der Waals surface area contributed by atoms with Crippen LogP contribution in [-0.2, 0) is 23.3 Å². The van der Waals surface area contributed by atoms with Gasteiger partial charge in [-0.25, -0.2) is 13.4 Å². The van der Waals surface area contributed by atoms with Gasteiger partial charge in [-0.05, 0) is 36.6 Å². The molecule has 0 bridgehead atoms. The fraction of sp³-hybridized carbons (Fsp3) is 0.375. The molecule has 0 spiro atoms. The Balaban J connectivity index is 1.65. The number of sulfone groups is 1. The molecule has 10 heteroatoms. The highest BCUT2D eigenvalue weighted by atomic mass is 32.2. The summed E-state index contributed by atoms with van der Waals surface area (Å²) in [7, 11) is 0.352. The number of benzene rings is 2. The maximum Gasteiger partial charge on any atom is 0.259 e. The van der Waals surface area contributed by atoms with Crippen molar-refractivity contribution in [2.45, 2.75) is 19.8 Å². The van der Waals surface area contributed by atoms with E-state index in [-0.39, 0.29) is 35.8 Å². The van der Waals surface area contributed by atoms with Crippen LogP contribution in [0.25, 0.3) is 11.0 Å². The Hall–Kier alpha value is -3.40. The maximum atomic E-state index is 13.1. The molecule has 1 saturated heterocycles. The van der Waals surface area contributed by atoms with E-state index < -0.39 is 9.84 Å². The number of carbonyl (C=O) groups excluding carboxylic acids is 2. The van der Waals surface area contributed by atoms with Crippen molar-refractivity contribution in [3.63, 3.8) is 0 Å². The quantitative estimate of drug-likeness (QED) is 0.532. The van der Waals surface area contributed by atoms with Crippen molar-refractivity contribution in [3.05, 3.63) is 53.3 Å². The number of aryl methyl sites for hydroxylation is 2. The van der Waals surface area contributed by atoms with Crippen LogP contribution in [0.5, 0.6) is 5.75 Å². The van der Waals surface area contributed by atoms with Gasteiger partial charge in [0.2, 0.25) is 0 Å². The molecule has 0 saturated carbocycles. The van der Waals surface area contributed by atoms with E-state index in [2.05, 4.69) is 15.6 Å². The van der Waals surface area contributed by atoms with Crippen LogP contribution >= 0.6 is 0 Å². The minimum Gasteiger partial charge on any atom is -0.496 e. The number of nitrogens with zero attached hydrogens (tertiary/aromatic N) is 2. The summed E-state index contributed by atoms with van der Waals surface area (Å²) in [6, 6.07) is 10.2. The lowest BCUT2D eigenvalue weighted by molar-refractivity contribution is 0.0947. The molecule has 0 radical (unpaired) electrons. The van der Waals surface area contributed by atoms with Gasteiger partial charge in [0.25, 0.3) is 11.8 Å². The van der Waals surface area contributed by atoms with E-state index in [0.29, 0.717) is 46.4 Å². The van der Waals surface area contributed by atoms with Crippen molar-refractivity contribution in [2.24, 2.45) is 13.0 Å². The average molecular weight is 485 g/mol. The van der Waals surface area contributed by atoms with Gasteiger partial charge in [-0.15, -0.1) is 0 Å². The summed E-state index contributed by atoms with van der Waals surface area (Å²) >= 11 is 0. The lowest BCUT2D eigenvalue weighted by atomic mass is 10.1. The standard InChI is InChI=1S/C24H28N4O5S/c1-4-21-26-18-11-16(23(29)25-13-15-9-10-34(31,32)14-15)12-19(22(18)28(21)2)27-24(30)17-7-5-6-8-20(17)33-3/h5-8,11-12,15H,4,9-10,13-14H2,1-3H3,(H,25,29)(H,27,30)/t15-/m1/s1. The summed E-state index contributed by atoms with van der Waals surface area (Å²) in [5.41, 5.74) is 2.46. The largest absolute Gasteiger partial charge is 0.496 e. The number of hydrogen-bond acceptors (Lipinski definition) is 6. The van der Waals surface area contributed by atoms with Crippen molar-refractivity contribution < 1.29 is 22.7 Å². The van der Waals surface area contributed by atoms with Gasteiger partial charge in [0.05, 0.1) is 40.9 Å². The van der Waals surface area contributed by atoms with Crippen LogP contribution in [0.1, 0.15) is 39.9 Å². The highest BCUT2D eigenvalue weighted by molar-refractivity contribution is 7.91. The van der Waals surface area contributed by atoms with Gasteiger partial charge in [-0.3, -0.25) is 9.59 Å². The van der Waals surface area contributed by atoms with Crippen molar-refractivity contribution in [2.75, 3.05) is 30.5 Å². The molecule has 9 nitrogen and oxygen atoms in total. The molecule has 3 aromatic rings. The van der Waals surface area contributed by atoms with Gasteiger partial charge in [-0.1, -0.05) is 19.1 Å². The number of imidazole rings is 1. The topological polar surface area (TPSA) is 119 Å². The molecule has 1 aliphatic rings. The van der Waals surface area contributed by atoms with Gasteiger partial charge in [0, 0.05) is 25.6 Å². The van der Waals surface area contributed by atoms with E-state index in [1.807, 2.05) is 18.5 Å². The van der Waals surface area contributed by atoms with Crippen LogP contribution in [0.15, 0.2) is 36.4 Å². The third-order valence-electron chi connectivity index (χ3n) is 6.12. The van der Waals surface area contributed by atoms with Crippen LogP contribution in [0, 0.1) is 5.92 Å². The van der Waals surface area contributed by atoms with E-state index in [9.17, 15) is 18.0 Å². The number of fused-ring (bicyclic) bond motifs is 1. The van der Waals surface area contributed by atoms with Crippen LogP contribution in [0.2, 0.25) is 0 Å². The summed E-state index contributed by atoms with van der Waals surface area (Å²) < 4.78 is 30.6. The summed E-state index contributed by atoms with van der Waals surface area (Å²) in [4.78, 5) is 30.7. The van der Waals surface area contributed by atoms with Gasteiger partial charge < -0.3 is 19.9 Å². The second-order valence-electron chi connectivity index (χ2n) is 8.47. The average Bonchev–Trinajstić information content (AvgIpc) is 3.35. The number of anilines is 1. The first-order valence-electron chi connectivity index (χ1n) is 11.1. The van der Waals surface area contributed by atoms with E-state index in [1.54, 1.807) is 36.4 Å². The highest BCUT2D eigenvalue weighted by Gasteiger charge is 2.28. The number of rotatable bonds is 7. The third-order valence-corrected chi connectivity index (χ3v) is 7.96. The molecule has 1 aromatic heterocycles. The molecule has 2 heterocycles. The number of para-hydroxylation sites is 1. The summed E-state index contributed by atoms with van der Waals surface area (Å²) in [6.07, 6.45) is 1.23. The molecule has 1 atom stereocenters. The lowest BCUT2D eigenvalue weighted by Crippen LogP contribution is -2.30. The van der Waals surface area contributed by atoms with Crippen LogP contribution in [-0.4, -0.2) is 54.9 Å². The first-order chi connectivity index (χ1) is 16.2.